The molecule has 0 aromatic heterocycles. The summed E-state index contributed by atoms with van der Waals surface area (Å²) in [4.78, 5) is 36.8. The summed E-state index contributed by atoms with van der Waals surface area (Å²) in [5, 5.41) is 0. The van der Waals surface area contributed by atoms with Crippen LogP contribution >= 0.6 is 63.7 Å². The Morgan fingerprint density at radius 2 is 1.35 bits per heavy atom. The first-order valence-electron chi connectivity index (χ1n) is 5.10. The lowest BCUT2D eigenvalue weighted by atomic mass is 10.1. The number of fused-ring (bicyclic) bond motifs is 1. The van der Waals surface area contributed by atoms with Crippen LogP contribution in [0.1, 0.15) is 20.7 Å². The summed E-state index contributed by atoms with van der Waals surface area (Å²) >= 11 is 13.2. The number of rotatable bonds is 2. The first-order valence-corrected chi connectivity index (χ1v) is 8.27. The van der Waals surface area contributed by atoms with Crippen LogP contribution in [0.2, 0.25) is 0 Å². The second-order valence-corrected chi connectivity index (χ2v) is 6.95. The summed E-state index contributed by atoms with van der Waals surface area (Å²) in [6.07, 6.45) is 0. The molecule has 0 saturated heterocycles. The highest BCUT2D eigenvalue weighted by atomic mass is 79.9. The Bertz CT molecular complexity index is 612. The molecule has 0 radical (unpaired) electrons. The van der Waals surface area contributed by atoms with Gasteiger partial charge in [0.1, 0.15) is 6.54 Å². The Morgan fingerprint density at radius 3 is 1.70 bits per heavy atom. The van der Waals surface area contributed by atoms with E-state index in [0.717, 1.165) is 4.90 Å². The van der Waals surface area contributed by atoms with Crippen molar-refractivity contribution in [2.75, 3.05) is 13.7 Å². The molecule has 0 fully saturated rings. The lowest BCUT2D eigenvalue weighted by Gasteiger charge is -2.11. The fourth-order valence-corrected chi connectivity index (χ4v) is 4.19. The molecule has 9 heteroatoms. The standard InChI is InChI=1S/C11H5Br4NO4/c1-20-3(17)2-16-10(18)4-5(11(16)19)7(13)9(15)8(14)6(4)12/h2H2,1H3. The summed E-state index contributed by atoms with van der Waals surface area (Å²) in [7, 11) is 1.19. The van der Waals surface area contributed by atoms with Crippen LogP contribution in [0.5, 0.6) is 0 Å². The summed E-state index contributed by atoms with van der Waals surface area (Å²) in [6.45, 7) is -0.420. The number of esters is 1. The van der Waals surface area contributed by atoms with Crippen LogP contribution in [0.4, 0.5) is 0 Å². The van der Waals surface area contributed by atoms with Gasteiger partial charge >= 0.3 is 5.97 Å². The Hall–Kier alpha value is -0.250. The Morgan fingerprint density at radius 1 is 0.950 bits per heavy atom. The molecule has 1 aliphatic rings. The first kappa shape index (κ1) is 16.1. The van der Waals surface area contributed by atoms with Gasteiger partial charge in [-0.15, -0.1) is 0 Å². The van der Waals surface area contributed by atoms with E-state index >= 15 is 0 Å². The SMILES string of the molecule is COC(=O)CN1C(=O)c2c(Br)c(Br)c(Br)c(Br)c2C1=O. The molecule has 2 rings (SSSR count). The Kier molecular flexibility index (Phi) is 4.73. The number of benzene rings is 1. The van der Waals surface area contributed by atoms with E-state index in [0.29, 0.717) is 17.9 Å². The molecule has 2 amide bonds. The average molecular weight is 535 g/mol. The lowest BCUT2D eigenvalue weighted by molar-refractivity contribution is -0.140. The predicted octanol–water partition coefficient (Wildman–Crippen LogP) is 3.51. The highest BCUT2D eigenvalue weighted by molar-refractivity contribution is 9.15. The van der Waals surface area contributed by atoms with Crippen LogP contribution in [0, 0.1) is 0 Å². The third-order valence-electron chi connectivity index (χ3n) is 2.70. The Labute approximate surface area is 147 Å². The van der Waals surface area contributed by atoms with Crippen LogP contribution in [0.15, 0.2) is 17.9 Å². The molecule has 0 atom stereocenters. The van der Waals surface area contributed by atoms with Gasteiger partial charge in [-0.25, -0.2) is 0 Å². The molecule has 1 heterocycles. The van der Waals surface area contributed by atoms with Gasteiger partial charge in [-0.3, -0.25) is 19.3 Å². The maximum Gasteiger partial charge on any atom is 0.325 e. The molecular formula is C11H5Br4NO4. The van der Waals surface area contributed by atoms with E-state index in [4.69, 9.17) is 0 Å². The van der Waals surface area contributed by atoms with Gasteiger partial charge in [-0.1, -0.05) is 0 Å². The van der Waals surface area contributed by atoms with E-state index in [9.17, 15) is 14.4 Å². The minimum atomic E-state index is -0.662. The van der Waals surface area contributed by atoms with E-state index in [-0.39, 0.29) is 11.1 Å². The number of halogens is 4. The van der Waals surface area contributed by atoms with Crippen molar-refractivity contribution in [3.63, 3.8) is 0 Å². The van der Waals surface area contributed by atoms with Gasteiger partial charge in [0.05, 0.1) is 18.2 Å². The number of imide groups is 1. The number of hydrogen-bond donors (Lipinski definition) is 0. The number of nitrogens with zero attached hydrogens (tertiary/aromatic N) is 1. The average Bonchev–Trinajstić information content (AvgIpc) is 2.67. The van der Waals surface area contributed by atoms with E-state index in [1.54, 1.807) is 0 Å². The molecule has 1 aromatic carbocycles. The fraction of sp³-hybridized carbons (Fsp3) is 0.182. The highest BCUT2D eigenvalue weighted by Crippen LogP contribution is 2.45. The molecule has 20 heavy (non-hydrogen) atoms. The summed E-state index contributed by atoms with van der Waals surface area (Å²) < 4.78 is 6.60. The molecule has 0 spiro atoms. The van der Waals surface area contributed by atoms with Gasteiger partial charge in [0.15, 0.2) is 0 Å². The van der Waals surface area contributed by atoms with E-state index in [1.807, 2.05) is 0 Å². The molecule has 0 N–H and O–H groups in total. The van der Waals surface area contributed by atoms with Crippen LogP contribution in [-0.4, -0.2) is 36.3 Å². The maximum atomic E-state index is 12.3. The highest BCUT2D eigenvalue weighted by Gasteiger charge is 2.41. The second-order valence-electron chi connectivity index (χ2n) is 3.78. The normalized spacial score (nSPS) is 13.8. The van der Waals surface area contributed by atoms with Crippen LogP contribution < -0.4 is 0 Å². The second kappa shape index (κ2) is 5.86. The van der Waals surface area contributed by atoms with Crippen LogP contribution in [0.25, 0.3) is 0 Å². The molecule has 0 aliphatic carbocycles. The van der Waals surface area contributed by atoms with Gasteiger partial charge in [0, 0.05) is 17.9 Å². The summed E-state index contributed by atoms with van der Waals surface area (Å²) in [5.41, 5.74) is 0.418. The first-order chi connectivity index (χ1) is 9.31. The molecule has 0 saturated carbocycles. The largest absolute Gasteiger partial charge is 0.468 e. The number of amides is 2. The third kappa shape index (κ3) is 2.38. The zero-order valence-electron chi connectivity index (χ0n) is 9.80. The number of ether oxygens (including phenoxy) is 1. The van der Waals surface area contributed by atoms with Crippen molar-refractivity contribution in [2.45, 2.75) is 0 Å². The monoisotopic (exact) mass is 531 g/mol. The van der Waals surface area contributed by atoms with Crippen molar-refractivity contribution in [1.82, 2.24) is 4.90 Å². The minimum absolute atomic E-state index is 0.209. The van der Waals surface area contributed by atoms with E-state index in [2.05, 4.69) is 68.5 Å². The minimum Gasteiger partial charge on any atom is -0.468 e. The van der Waals surface area contributed by atoms with Crippen molar-refractivity contribution < 1.29 is 19.1 Å². The zero-order valence-corrected chi connectivity index (χ0v) is 16.1. The number of carbonyl (C=O) groups is 3. The summed E-state index contributed by atoms with van der Waals surface area (Å²) in [6, 6.07) is 0. The number of methoxy groups -OCH3 is 1. The molecule has 0 unspecified atom stereocenters. The van der Waals surface area contributed by atoms with Gasteiger partial charge in [-0.2, -0.15) is 0 Å². The fourth-order valence-electron chi connectivity index (χ4n) is 1.73. The third-order valence-corrected chi connectivity index (χ3v) is 7.47. The van der Waals surface area contributed by atoms with Gasteiger partial charge in [0.2, 0.25) is 0 Å². The summed E-state index contributed by atoms with van der Waals surface area (Å²) in [5.74, 6) is -1.75. The topological polar surface area (TPSA) is 63.7 Å². The van der Waals surface area contributed by atoms with E-state index < -0.39 is 24.3 Å². The Balaban J connectivity index is 2.60. The van der Waals surface area contributed by atoms with Crippen LogP contribution in [0.3, 0.4) is 0 Å². The molecule has 106 valence electrons. The van der Waals surface area contributed by atoms with Crippen molar-refractivity contribution >= 4 is 81.5 Å². The maximum absolute atomic E-state index is 12.3. The smallest absolute Gasteiger partial charge is 0.325 e. The molecule has 5 nitrogen and oxygen atoms in total. The number of carbonyl (C=O) groups excluding carboxylic acids is 3. The van der Waals surface area contributed by atoms with Gasteiger partial charge < -0.3 is 4.74 Å². The molecule has 0 bridgehead atoms. The van der Waals surface area contributed by atoms with Crippen molar-refractivity contribution in [3.05, 3.63) is 29.0 Å². The zero-order chi connectivity index (χ0) is 15.2. The molecule has 1 aromatic rings. The lowest BCUT2D eigenvalue weighted by Crippen LogP contribution is -2.35. The van der Waals surface area contributed by atoms with Gasteiger partial charge in [-0.05, 0) is 63.7 Å². The van der Waals surface area contributed by atoms with E-state index in [1.165, 1.54) is 7.11 Å². The quantitative estimate of drug-likeness (QED) is 0.252. The van der Waals surface area contributed by atoms with Crippen LogP contribution in [-0.2, 0) is 9.53 Å². The van der Waals surface area contributed by atoms with Crippen molar-refractivity contribution in [2.24, 2.45) is 0 Å². The number of hydrogen-bond acceptors (Lipinski definition) is 4. The van der Waals surface area contributed by atoms with Gasteiger partial charge in [0.25, 0.3) is 11.8 Å². The van der Waals surface area contributed by atoms with Crippen molar-refractivity contribution in [3.8, 4) is 0 Å². The molecular weight excluding hydrogens is 530 g/mol. The molecule has 1 aliphatic heterocycles. The predicted molar refractivity (Wildman–Crippen MR) is 84.6 cm³/mol. The van der Waals surface area contributed by atoms with Crippen molar-refractivity contribution in [1.29, 1.82) is 0 Å².